The number of rotatable bonds is 10. The molecule has 0 aliphatic carbocycles. The summed E-state index contributed by atoms with van der Waals surface area (Å²) >= 11 is 0.963. The molecule has 4 rings (SSSR count). The van der Waals surface area contributed by atoms with Crippen LogP contribution in [0, 0.1) is 13.8 Å². The van der Waals surface area contributed by atoms with Gasteiger partial charge in [0.05, 0.1) is 37.8 Å². The Labute approximate surface area is 230 Å². The van der Waals surface area contributed by atoms with Gasteiger partial charge in [0.25, 0.3) is 11.8 Å². The van der Waals surface area contributed by atoms with Crippen molar-refractivity contribution in [1.29, 1.82) is 0 Å². The molecule has 0 unspecified atom stereocenters. The summed E-state index contributed by atoms with van der Waals surface area (Å²) in [6.07, 6.45) is 0.629. The Hall–Kier alpha value is -4.38. The number of para-hydroxylation sites is 1. The van der Waals surface area contributed by atoms with Crippen LogP contribution in [0.15, 0.2) is 64.3 Å². The van der Waals surface area contributed by atoms with Crippen molar-refractivity contribution in [3.05, 3.63) is 76.1 Å². The normalized spacial score (nSPS) is 13.1. The zero-order valence-corrected chi connectivity index (χ0v) is 23.0. The van der Waals surface area contributed by atoms with Crippen LogP contribution in [0.1, 0.15) is 35.1 Å². The van der Waals surface area contributed by atoms with E-state index in [4.69, 9.17) is 14.2 Å². The number of amides is 2. The molecule has 0 bridgehead atoms. The Kier molecular flexibility index (Phi) is 8.50. The summed E-state index contributed by atoms with van der Waals surface area (Å²) in [7, 11) is 3.01. The molecule has 202 valence electrons. The highest BCUT2D eigenvalue weighted by atomic mass is 32.2. The third-order valence-electron chi connectivity index (χ3n) is 5.66. The van der Waals surface area contributed by atoms with Crippen LogP contribution in [0.3, 0.4) is 0 Å². The number of imide groups is 1. The quantitative estimate of drug-likeness (QED) is 0.217. The monoisotopic (exact) mass is 548 g/mol. The Bertz CT molecular complexity index is 1450. The molecule has 1 N–H and O–H groups in total. The lowest BCUT2D eigenvalue weighted by atomic mass is 10.1. The second-order valence-electron chi connectivity index (χ2n) is 8.53. The van der Waals surface area contributed by atoms with Crippen LogP contribution in [-0.2, 0) is 14.3 Å². The van der Waals surface area contributed by atoms with E-state index in [1.807, 2.05) is 26.8 Å². The molecular weight excluding hydrogens is 520 g/mol. The average Bonchev–Trinajstić information content (AvgIpc) is 3.14. The predicted molar refractivity (Wildman–Crippen MR) is 147 cm³/mol. The second kappa shape index (κ2) is 12.0. The molecule has 0 saturated heterocycles. The van der Waals surface area contributed by atoms with E-state index in [0.29, 0.717) is 40.2 Å². The van der Waals surface area contributed by atoms with Crippen molar-refractivity contribution in [2.75, 3.05) is 31.0 Å². The minimum Gasteiger partial charge on any atom is -0.497 e. The average molecular weight is 549 g/mol. The number of hydrogen-bond acceptors (Lipinski definition) is 10. The van der Waals surface area contributed by atoms with Gasteiger partial charge in [-0.25, -0.2) is 19.7 Å². The van der Waals surface area contributed by atoms with Crippen LogP contribution >= 0.6 is 11.8 Å². The summed E-state index contributed by atoms with van der Waals surface area (Å²) in [5.74, 6) is -0.975. The fourth-order valence-electron chi connectivity index (χ4n) is 3.92. The van der Waals surface area contributed by atoms with Gasteiger partial charge in [0.2, 0.25) is 0 Å². The first-order valence-corrected chi connectivity index (χ1v) is 13.0. The highest BCUT2D eigenvalue weighted by Crippen LogP contribution is 2.39. The summed E-state index contributed by atoms with van der Waals surface area (Å²) in [4.78, 5) is 50.5. The van der Waals surface area contributed by atoms with E-state index in [9.17, 15) is 14.4 Å². The number of nitrogens with one attached hydrogen (secondary N) is 1. The van der Waals surface area contributed by atoms with Gasteiger partial charge < -0.3 is 19.5 Å². The number of ether oxygens (including phenoxy) is 3. The lowest BCUT2D eigenvalue weighted by molar-refractivity contribution is -0.120. The van der Waals surface area contributed by atoms with E-state index in [1.165, 1.54) is 26.4 Å². The van der Waals surface area contributed by atoms with Gasteiger partial charge >= 0.3 is 5.97 Å². The van der Waals surface area contributed by atoms with Crippen molar-refractivity contribution in [1.82, 2.24) is 9.97 Å². The number of nitrogens with zero attached hydrogens (tertiary/aromatic N) is 3. The fourth-order valence-corrected chi connectivity index (χ4v) is 4.90. The highest BCUT2D eigenvalue weighted by Gasteiger charge is 2.42. The molecule has 0 fully saturated rings. The maximum absolute atomic E-state index is 13.9. The number of carbonyl (C=O) groups is 3. The molecule has 11 heteroatoms. The van der Waals surface area contributed by atoms with Gasteiger partial charge in [0.15, 0.2) is 5.16 Å². The Morgan fingerprint density at radius 2 is 1.69 bits per heavy atom. The van der Waals surface area contributed by atoms with E-state index >= 15 is 0 Å². The first-order valence-electron chi connectivity index (χ1n) is 12.2. The SMILES string of the molecule is CCCOC(=O)c1ccccc1N1C(=O)C(Nc2cc(OC)ccc2OC)=C(Sc2nc(C)cc(C)n2)C1=O. The fraction of sp³-hybridized carbons (Fsp3) is 0.250. The molecule has 1 aliphatic heterocycles. The van der Waals surface area contributed by atoms with Crippen molar-refractivity contribution < 1.29 is 28.6 Å². The highest BCUT2D eigenvalue weighted by molar-refractivity contribution is 8.04. The van der Waals surface area contributed by atoms with Crippen LogP contribution in [0.25, 0.3) is 0 Å². The number of aryl methyl sites for hydroxylation is 2. The first kappa shape index (κ1) is 27.6. The van der Waals surface area contributed by atoms with Crippen molar-refractivity contribution in [3.8, 4) is 11.5 Å². The number of methoxy groups -OCH3 is 2. The maximum atomic E-state index is 13.9. The predicted octanol–water partition coefficient (Wildman–Crippen LogP) is 4.67. The molecular formula is C28H28N4O6S. The van der Waals surface area contributed by atoms with Crippen LogP contribution in [0.4, 0.5) is 11.4 Å². The van der Waals surface area contributed by atoms with Gasteiger partial charge in [-0.15, -0.1) is 0 Å². The van der Waals surface area contributed by atoms with Gasteiger partial charge in [0, 0.05) is 17.5 Å². The van der Waals surface area contributed by atoms with E-state index in [0.717, 1.165) is 16.7 Å². The standard InChI is InChI=1S/C28H28N4O6S/c1-6-13-38-27(35)19-9-7-8-10-21(19)32-25(33)23(31-20-15-18(36-4)11-12-22(20)37-5)24(26(32)34)39-28-29-16(2)14-17(3)30-28/h7-12,14-15,31H,6,13H2,1-5H3. The molecule has 1 aliphatic rings. The summed E-state index contributed by atoms with van der Waals surface area (Å²) in [5.41, 5.74) is 2.03. The lowest BCUT2D eigenvalue weighted by Crippen LogP contribution is -2.33. The Balaban J connectivity index is 1.82. The van der Waals surface area contributed by atoms with Crippen molar-refractivity contribution in [3.63, 3.8) is 0 Å². The van der Waals surface area contributed by atoms with E-state index in [2.05, 4.69) is 15.3 Å². The number of anilines is 2. The molecule has 2 amide bonds. The number of esters is 1. The zero-order chi connectivity index (χ0) is 28.1. The van der Waals surface area contributed by atoms with Crippen molar-refractivity contribution in [2.24, 2.45) is 0 Å². The Morgan fingerprint density at radius 1 is 0.974 bits per heavy atom. The molecule has 0 radical (unpaired) electrons. The van der Waals surface area contributed by atoms with Gasteiger partial charge in [-0.2, -0.15) is 0 Å². The number of carbonyl (C=O) groups excluding carboxylic acids is 3. The molecule has 0 spiro atoms. The number of thioether (sulfide) groups is 1. The van der Waals surface area contributed by atoms with Gasteiger partial charge in [0.1, 0.15) is 22.1 Å². The van der Waals surface area contributed by atoms with Crippen LogP contribution in [0.2, 0.25) is 0 Å². The number of aromatic nitrogens is 2. The minimum absolute atomic E-state index is 0.0176. The summed E-state index contributed by atoms with van der Waals surface area (Å²) in [5, 5.41) is 3.37. The molecule has 1 aromatic heterocycles. The molecule has 2 aromatic carbocycles. The smallest absolute Gasteiger partial charge is 0.340 e. The summed E-state index contributed by atoms with van der Waals surface area (Å²) in [6.45, 7) is 5.72. The molecule has 0 saturated carbocycles. The third kappa shape index (κ3) is 5.88. The van der Waals surface area contributed by atoms with Crippen LogP contribution in [0.5, 0.6) is 11.5 Å². The molecule has 3 aromatic rings. The van der Waals surface area contributed by atoms with Crippen molar-refractivity contribution in [2.45, 2.75) is 32.3 Å². The topological polar surface area (TPSA) is 120 Å². The third-order valence-corrected chi connectivity index (χ3v) is 6.61. The Morgan fingerprint density at radius 3 is 2.36 bits per heavy atom. The summed E-state index contributed by atoms with van der Waals surface area (Å²) < 4.78 is 16.1. The van der Waals surface area contributed by atoms with Crippen LogP contribution in [-0.4, -0.2) is 48.6 Å². The number of hydrogen-bond donors (Lipinski definition) is 1. The summed E-state index contributed by atoms with van der Waals surface area (Å²) in [6, 6.07) is 13.2. The maximum Gasteiger partial charge on any atom is 0.340 e. The number of benzene rings is 2. The van der Waals surface area contributed by atoms with Crippen LogP contribution < -0.4 is 19.7 Å². The zero-order valence-electron chi connectivity index (χ0n) is 22.2. The van der Waals surface area contributed by atoms with Gasteiger partial charge in [-0.1, -0.05) is 19.1 Å². The van der Waals surface area contributed by atoms with E-state index < -0.39 is 17.8 Å². The largest absolute Gasteiger partial charge is 0.497 e. The molecule has 0 atom stereocenters. The first-order chi connectivity index (χ1) is 18.8. The molecule has 2 heterocycles. The lowest BCUT2D eigenvalue weighted by Gasteiger charge is -2.19. The van der Waals surface area contributed by atoms with Gasteiger partial charge in [-0.05, 0) is 62.4 Å². The van der Waals surface area contributed by atoms with E-state index in [1.54, 1.807) is 30.3 Å². The van der Waals surface area contributed by atoms with Gasteiger partial charge in [-0.3, -0.25) is 9.59 Å². The van der Waals surface area contributed by atoms with Crippen molar-refractivity contribution >= 4 is 40.9 Å². The minimum atomic E-state index is -0.660. The second-order valence-corrected chi connectivity index (χ2v) is 9.51. The molecule has 10 nitrogen and oxygen atoms in total. The molecule has 39 heavy (non-hydrogen) atoms. The van der Waals surface area contributed by atoms with E-state index in [-0.39, 0.29) is 28.5 Å².